The van der Waals surface area contributed by atoms with E-state index in [9.17, 15) is 4.79 Å². The summed E-state index contributed by atoms with van der Waals surface area (Å²) in [5.41, 5.74) is 0. The summed E-state index contributed by atoms with van der Waals surface area (Å²) in [5.74, 6) is 0. The minimum Gasteiger partial charge on any atom is -0.434 e. The molecule has 0 saturated heterocycles. The van der Waals surface area contributed by atoms with Gasteiger partial charge in [0.25, 0.3) is 0 Å². The Labute approximate surface area is 122 Å². The zero-order valence-corrected chi connectivity index (χ0v) is 13.4. The van der Waals surface area contributed by atoms with Gasteiger partial charge in [-0.2, -0.15) is 0 Å². The van der Waals surface area contributed by atoms with Gasteiger partial charge in [-0.25, -0.2) is 4.79 Å². The first-order valence-corrected chi connectivity index (χ1v) is 7.57. The average Bonchev–Trinajstić information content (AvgIpc) is 2.46. The Morgan fingerprint density at radius 2 is 1.80 bits per heavy atom. The molecule has 2 unspecified atom stereocenters. The fraction of sp³-hybridized carbons (Fsp3) is 0.933. The normalized spacial score (nSPS) is 13.8. The minimum atomic E-state index is -0.615. The van der Waals surface area contributed by atoms with E-state index in [1.807, 2.05) is 13.8 Å². The van der Waals surface area contributed by atoms with Crippen LogP contribution in [0.2, 0.25) is 0 Å². The maximum Gasteiger partial charge on any atom is 0.508 e. The van der Waals surface area contributed by atoms with Crippen LogP contribution in [0.4, 0.5) is 4.79 Å². The summed E-state index contributed by atoms with van der Waals surface area (Å²) in [4.78, 5) is 11.3. The number of methoxy groups -OCH3 is 1. The Balaban J connectivity index is 3.52. The van der Waals surface area contributed by atoms with Gasteiger partial charge in [-0.15, -0.1) is 0 Å². The van der Waals surface area contributed by atoms with Gasteiger partial charge in [0.15, 0.2) is 0 Å². The highest BCUT2D eigenvalue weighted by Crippen LogP contribution is 2.02. The molecule has 0 rings (SSSR count). The van der Waals surface area contributed by atoms with E-state index >= 15 is 0 Å². The number of unbranched alkanes of at least 4 members (excludes halogenated alkanes) is 3. The molecule has 0 radical (unpaired) electrons. The highest BCUT2D eigenvalue weighted by atomic mass is 16.7. The maximum absolute atomic E-state index is 11.3. The predicted octanol–water partition coefficient (Wildman–Crippen LogP) is 3.55. The Hall–Kier alpha value is -0.810. The third-order valence-electron chi connectivity index (χ3n) is 3.01. The first kappa shape index (κ1) is 19.2. The van der Waals surface area contributed by atoms with Gasteiger partial charge in [0, 0.05) is 7.11 Å². The third kappa shape index (κ3) is 11.1. The molecule has 20 heavy (non-hydrogen) atoms. The van der Waals surface area contributed by atoms with Crippen molar-refractivity contribution in [2.24, 2.45) is 0 Å². The molecule has 0 aliphatic rings. The van der Waals surface area contributed by atoms with Crippen molar-refractivity contribution >= 4 is 6.16 Å². The van der Waals surface area contributed by atoms with Crippen LogP contribution in [-0.2, 0) is 18.9 Å². The summed E-state index contributed by atoms with van der Waals surface area (Å²) in [7, 11) is 1.66. The second-order valence-electron chi connectivity index (χ2n) is 4.88. The van der Waals surface area contributed by atoms with Crippen LogP contribution >= 0.6 is 0 Å². The highest BCUT2D eigenvalue weighted by Gasteiger charge is 2.11. The smallest absolute Gasteiger partial charge is 0.434 e. The molecule has 5 nitrogen and oxygen atoms in total. The molecule has 0 aromatic carbocycles. The summed E-state index contributed by atoms with van der Waals surface area (Å²) in [5, 5.41) is 0. The molecular weight excluding hydrogens is 260 g/mol. The van der Waals surface area contributed by atoms with E-state index in [4.69, 9.17) is 18.9 Å². The summed E-state index contributed by atoms with van der Waals surface area (Å²) in [6.07, 6.45) is 4.51. The molecule has 0 saturated carbocycles. The Kier molecular flexibility index (Phi) is 12.7. The van der Waals surface area contributed by atoms with Crippen molar-refractivity contribution in [3.63, 3.8) is 0 Å². The van der Waals surface area contributed by atoms with Crippen LogP contribution in [0.5, 0.6) is 0 Å². The lowest BCUT2D eigenvalue weighted by atomic mass is 10.2. The summed E-state index contributed by atoms with van der Waals surface area (Å²) in [6.45, 7) is 7.17. The van der Waals surface area contributed by atoms with Crippen LogP contribution in [0.1, 0.15) is 52.9 Å². The molecule has 0 aliphatic heterocycles. The van der Waals surface area contributed by atoms with E-state index in [0.717, 1.165) is 19.3 Å². The average molecular weight is 290 g/mol. The molecular formula is C15H30O5. The summed E-state index contributed by atoms with van der Waals surface area (Å²) >= 11 is 0. The summed E-state index contributed by atoms with van der Waals surface area (Å²) < 4.78 is 20.7. The quantitative estimate of drug-likeness (QED) is 0.406. The number of hydrogen-bond acceptors (Lipinski definition) is 5. The van der Waals surface area contributed by atoms with E-state index in [1.54, 1.807) is 7.11 Å². The number of carbonyl (C=O) groups is 1. The molecule has 0 fully saturated rings. The largest absolute Gasteiger partial charge is 0.508 e. The van der Waals surface area contributed by atoms with Gasteiger partial charge in [-0.1, -0.05) is 33.1 Å². The highest BCUT2D eigenvalue weighted by molar-refractivity contribution is 5.59. The zero-order valence-electron chi connectivity index (χ0n) is 13.4. The first-order valence-electron chi connectivity index (χ1n) is 7.57. The van der Waals surface area contributed by atoms with Crippen LogP contribution in [0.3, 0.4) is 0 Å². The van der Waals surface area contributed by atoms with Crippen LogP contribution in [0.15, 0.2) is 0 Å². The van der Waals surface area contributed by atoms with Crippen molar-refractivity contribution in [1.29, 1.82) is 0 Å². The molecule has 5 heteroatoms. The molecule has 0 aromatic rings. The van der Waals surface area contributed by atoms with Crippen molar-refractivity contribution in [3.8, 4) is 0 Å². The standard InChI is InChI=1S/C15H30O5/c1-5-7-8-9-10-18-15(16)20-11-13(3)19-12-14(6-2)17-4/h13-14H,5-12H2,1-4H3. The van der Waals surface area contributed by atoms with E-state index in [2.05, 4.69) is 6.92 Å². The van der Waals surface area contributed by atoms with Crippen molar-refractivity contribution in [1.82, 2.24) is 0 Å². The predicted molar refractivity (Wildman–Crippen MR) is 77.9 cm³/mol. The van der Waals surface area contributed by atoms with E-state index < -0.39 is 6.16 Å². The molecule has 0 N–H and O–H groups in total. The van der Waals surface area contributed by atoms with Gasteiger partial charge in [-0.05, 0) is 19.8 Å². The lowest BCUT2D eigenvalue weighted by molar-refractivity contribution is -0.0490. The van der Waals surface area contributed by atoms with Crippen molar-refractivity contribution in [2.45, 2.75) is 65.1 Å². The lowest BCUT2D eigenvalue weighted by Crippen LogP contribution is -2.25. The second-order valence-corrected chi connectivity index (χ2v) is 4.88. The van der Waals surface area contributed by atoms with E-state index in [-0.39, 0.29) is 18.8 Å². The first-order chi connectivity index (χ1) is 9.63. The molecule has 120 valence electrons. The summed E-state index contributed by atoms with van der Waals surface area (Å²) in [6, 6.07) is 0. The van der Waals surface area contributed by atoms with Gasteiger partial charge < -0.3 is 18.9 Å². The minimum absolute atomic E-state index is 0.0861. The van der Waals surface area contributed by atoms with Crippen LogP contribution < -0.4 is 0 Å². The Morgan fingerprint density at radius 1 is 1.05 bits per heavy atom. The molecule has 0 amide bonds. The van der Waals surface area contributed by atoms with Gasteiger partial charge in [0.05, 0.1) is 25.4 Å². The number of rotatable bonds is 12. The van der Waals surface area contributed by atoms with Crippen LogP contribution in [0, 0.1) is 0 Å². The molecule has 0 aromatic heterocycles. The van der Waals surface area contributed by atoms with Crippen LogP contribution in [-0.4, -0.2) is 45.3 Å². The van der Waals surface area contributed by atoms with E-state index in [0.29, 0.717) is 13.2 Å². The van der Waals surface area contributed by atoms with Gasteiger partial charge in [0.2, 0.25) is 0 Å². The van der Waals surface area contributed by atoms with Gasteiger partial charge in [-0.3, -0.25) is 0 Å². The van der Waals surface area contributed by atoms with Gasteiger partial charge in [0.1, 0.15) is 6.61 Å². The Bertz CT molecular complexity index is 228. The lowest BCUT2D eigenvalue weighted by Gasteiger charge is -2.17. The molecule has 0 heterocycles. The van der Waals surface area contributed by atoms with E-state index in [1.165, 1.54) is 12.8 Å². The number of ether oxygens (including phenoxy) is 4. The topological polar surface area (TPSA) is 54.0 Å². The fourth-order valence-corrected chi connectivity index (χ4v) is 1.58. The molecule has 0 bridgehead atoms. The number of hydrogen-bond donors (Lipinski definition) is 0. The fourth-order valence-electron chi connectivity index (χ4n) is 1.58. The zero-order chi connectivity index (χ0) is 15.2. The van der Waals surface area contributed by atoms with Crippen LogP contribution in [0.25, 0.3) is 0 Å². The molecule has 0 spiro atoms. The Morgan fingerprint density at radius 3 is 2.40 bits per heavy atom. The number of carbonyl (C=O) groups excluding carboxylic acids is 1. The third-order valence-corrected chi connectivity index (χ3v) is 3.01. The molecule has 2 atom stereocenters. The van der Waals surface area contributed by atoms with Gasteiger partial charge >= 0.3 is 6.16 Å². The molecule has 0 aliphatic carbocycles. The van der Waals surface area contributed by atoms with Crippen molar-refractivity contribution < 1.29 is 23.7 Å². The second kappa shape index (κ2) is 13.2. The maximum atomic E-state index is 11.3. The SMILES string of the molecule is CCCCCCOC(=O)OCC(C)OCC(CC)OC. The van der Waals surface area contributed by atoms with Crippen molar-refractivity contribution in [2.75, 3.05) is 26.9 Å². The monoisotopic (exact) mass is 290 g/mol. The van der Waals surface area contributed by atoms with Crippen molar-refractivity contribution in [3.05, 3.63) is 0 Å².